The largest absolute Gasteiger partial charge is 0.314 e. The first-order valence-electron chi connectivity index (χ1n) is 5.76. The Labute approximate surface area is 122 Å². The van der Waals surface area contributed by atoms with Gasteiger partial charge in [-0.05, 0) is 13.0 Å². The third-order valence-corrected chi connectivity index (χ3v) is 4.87. The van der Waals surface area contributed by atoms with E-state index in [1.54, 1.807) is 6.92 Å². The maximum Gasteiger partial charge on any atom is 0.287 e. The molecule has 0 aliphatic carbocycles. The molecule has 1 aliphatic rings. The van der Waals surface area contributed by atoms with Gasteiger partial charge in [-0.3, -0.25) is 10.1 Å². The van der Waals surface area contributed by atoms with Crippen molar-refractivity contribution < 1.29 is 13.3 Å². The number of pyridine rings is 1. The van der Waals surface area contributed by atoms with Gasteiger partial charge in [0.05, 0.1) is 4.92 Å². The van der Waals surface area contributed by atoms with Gasteiger partial charge in [-0.1, -0.05) is 0 Å². The van der Waals surface area contributed by atoms with E-state index in [0.29, 0.717) is 19.6 Å². The molecule has 1 aromatic rings. The van der Waals surface area contributed by atoms with Crippen LogP contribution in [0, 0.1) is 10.1 Å². The lowest BCUT2D eigenvalue weighted by Crippen LogP contribution is -2.52. The maximum absolute atomic E-state index is 12.3. The van der Waals surface area contributed by atoms with Gasteiger partial charge < -0.3 is 5.32 Å². The standard InChI is InChI=1S/C10H14N4O4S.ClH/c1-8-6-11-4-5-13(8)19(17,18)10-3-2-9(7-12-10)14(15)16;/h2-3,7-8,11H,4-6H2,1H3;1H. The molecule has 0 aromatic carbocycles. The van der Waals surface area contributed by atoms with Crippen molar-refractivity contribution in [3.8, 4) is 0 Å². The van der Waals surface area contributed by atoms with Crippen LogP contribution < -0.4 is 5.32 Å². The molecular formula is C10H15ClN4O4S. The summed E-state index contributed by atoms with van der Waals surface area (Å²) in [7, 11) is -3.69. The molecule has 1 aliphatic heterocycles. The Hall–Kier alpha value is -1.29. The van der Waals surface area contributed by atoms with Crippen LogP contribution in [0.5, 0.6) is 0 Å². The van der Waals surface area contributed by atoms with Crippen LogP contribution in [0.3, 0.4) is 0 Å². The van der Waals surface area contributed by atoms with Gasteiger partial charge in [0, 0.05) is 31.7 Å². The Bertz CT molecular complexity index is 577. The normalized spacial score (nSPS) is 20.1. The van der Waals surface area contributed by atoms with Crippen molar-refractivity contribution in [3.63, 3.8) is 0 Å². The molecule has 0 amide bonds. The summed E-state index contributed by atoms with van der Waals surface area (Å²) in [6.45, 7) is 3.32. The molecular weight excluding hydrogens is 308 g/mol. The number of nitrogens with zero attached hydrogens (tertiary/aromatic N) is 3. The van der Waals surface area contributed by atoms with Crippen molar-refractivity contribution >= 4 is 28.1 Å². The zero-order valence-corrected chi connectivity index (χ0v) is 12.4. The molecule has 10 heteroatoms. The zero-order valence-electron chi connectivity index (χ0n) is 10.7. The minimum atomic E-state index is -3.69. The van der Waals surface area contributed by atoms with Crippen molar-refractivity contribution in [2.24, 2.45) is 0 Å². The zero-order chi connectivity index (χ0) is 14.0. The summed E-state index contributed by atoms with van der Waals surface area (Å²) < 4.78 is 26.0. The first kappa shape index (κ1) is 16.8. The van der Waals surface area contributed by atoms with Crippen molar-refractivity contribution in [3.05, 3.63) is 28.4 Å². The van der Waals surface area contributed by atoms with Crippen molar-refractivity contribution in [2.45, 2.75) is 18.0 Å². The number of nitrogens with one attached hydrogen (secondary N) is 1. The molecule has 1 saturated heterocycles. The van der Waals surface area contributed by atoms with Crippen LogP contribution in [-0.4, -0.2) is 48.3 Å². The van der Waals surface area contributed by atoms with Crippen LogP contribution >= 0.6 is 12.4 Å². The first-order valence-corrected chi connectivity index (χ1v) is 7.20. The number of piperazine rings is 1. The van der Waals surface area contributed by atoms with Crippen LogP contribution in [0.4, 0.5) is 5.69 Å². The van der Waals surface area contributed by atoms with E-state index < -0.39 is 14.9 Å². The number of rotatable bonds is 3. The second kappa shape index (κ2) is 6.44. The molecule has 2 rings (SSSR count). The molecule has 20 heavy (non-hydrogen) atoms. The van der Waals surface area contributed by atoms with Crippen LogP contribution in [0.25, 0.3) is 0 Å². The van der Waals surface area contributed by atoms with E-state index in [0.717, 1.165) is 12.3 Å². The predicted molar refractivity (Wildman–Crippen MR) is 74.4 cm³/mol. The summed E-state index contributed by atoms with van der Waals surface area (Å²) in [6.07, 6.45) is 0.958. The Morgan fingerprint density at radius 3 is 2.70 bits per heavy atom. The van der Waals surface area contributed by atoms with Crippen LogP contribution in [0.2, 0.25) is 0 Å². The molecule has 1 N–H and O–H groups in total. The van der Waals surface area contributed by atoms with Gasteiger partial charge >= 0.3 is 0 Å². The molecule has 0 saturated carbocycles. The van der Waals surface area contributed by atoms with E-state index in [-0.39, 0.29) is 29.2 Å². The summed E-state index contributed by atoms with van der Waals surface area (Å²) in [5, 5.41) is 13.4. The fourth-order valence-electron chi connectivity index (χ4n) is 1.93. The topological polar surface area (TPSA) is 105 Å². The summed E-state index contributed by atoms with van der Waals surface area (Å²) in [4.78, 5) is 13.6. The molecule has 0 bridgehead atoms. The minimum absolute atomic E-state index is 0. The van der Waals surface area contributed by atoms with E-state index in [1.165, 1.54) is 10.4 Å². The van der Waals surface area contributed by atoms with E-state index in [4.69, 9.17) is 0 Å². The highest BCUT2D eigenvalue weighted by atomic mass is 35.5. The Balaban J connectivity index is 0.00000200. The molecule has 1 fully saturated rings. The van der Waals surface area contributed by atoms with E-state index in [9.17, 15) is 18.5 Å². The SMILES string of the molecule is CC1CNCCN1S(=O)(=O)c1ccc([N+](=O)[O-])cn1.Cl. The number of hydrogen-bond donors (Lipinski definition) is 1. The molecule has 8 nitrogen and oxygen atoms in total. The van der Waals surface area contributed by atoms with Crippen LogP contribution in [0.1, 0.15) is 6.92 Å². The second-order valence-corrected chi connectivity index (χ2v) is 6.12. The Morgan fingerprint density at radius 1 is 1.50 bits per heavy atom. The average Bonchev–Trinajstić information content (AvgIpc) is 2.39. The van der Waals surface area contributed by atoms with Crippen LogP contribution in [-0.2, 0) is 10.0 Å². The van der Waals surface area contributed by atoms with Crippen molar-refractivity contribution in [1.82, 2.24) is 14.6 Å². The van der Waals surface area contributed by atoms with Crippen molar-refractivity contribution in [1.29, 1.82) is 0 Å². The number of sulfonamides is 1. The van der Waals surface area contributed by atoms with Crippen molar-refractivity contribution in [2.75, 3.05) is 19.6 Å². The van der Waals surface area contributed by atoms with Gasteiger partial charge in [0.15, 0.2) is 5.03 Å². The van der Waals surface area contributed by atoms with Gasteiger partial charge in [-0.15, -0.1) is 12.4 Å². The quantitative estimate of drug-likeness (QED) is 0.637. The second-order valence-electron chi connectivity index (χ2n) is 4.28. The van der Waals surface area contributed by atoms with E-state index in [1.807, 2.05) is 0 Å². The Morgan fingerprint density at radius 2 is 2.20 bits per heavy atom. The molecule has 1 unspecified atom stereocenters. The lowest BCUT2D eigenvalue weighted by Gasteiger charge is -2.32. The lowest BCUT2D eigenvalue weighted by molar-refractivity contribution is -0.385. The molecule has 1 atom stereocenters. The van der Waals surface area contributed by atoms with E-state index in [2.05, 4.69) is 10.3 Å². The van der Waals surface area contributed by atoms with E-state index >= 15 is 0 Å². The number of nitro groups is 1. The monoisotopic (exact) mass is 322 g/mol. The molecule has 0 spiro atoms. The fraction of sp³-hybridized carbons (Fsp3) is 0.500. The number of hydrogen-bond acceptors (Lipinski definition) is 6. The van der Waals surface area contributed by atoms with Gasteiger partial charge in [0.2, 0.25) is 0 Å². The smallest absolute Gasteiger partial charge is 0.287 e. The average molecular weight is 323 g/mol. The fourth-order valence-corrected chi connectivity index (χ4v) is 3.48. The molecule has 2 heterocycles. The highest BCUT2D eigenvalue weighted by Gasteiger charge is 2.32. The third-order valence-electron chi connectivity index (χ3n) is 2.94. The van der Waals surface area contributed by atoms with Gasteiger partial charge in [-0.25, -0.2) is 13.4 Å². The van der Waals surface area contributed by atoms with Gasteiger partial charge in [0.25, 0.3) is 15.7 Å². The molecule has 0 radical (unpaired) electrons. The summed E-state index contributed by atoms with van der Waals surface area (Å²) in [5.41, 5.74) is -0.229. The minimum Gasteiger partial charge on any atom is -0.314 e. The van der Waals surface area contributed by atoms with Crippen LogP contribution in [0.15, 0.2) is 23.4 Å². The highest BCUT2D eigenvalue weighted by molar-refractivity contribution is 7.89. The molecule has 1 aromatic heterocycles. The third kappa shape index (κ3) is 3.23. The summed E-state index contributed by atoms with van der Waals surface area (Å²) in [6, 6.07) is 2.14. The predicted octanol–water partition coefficient (Wildman–Crippen LogP) is 0.394. The number of aromatic nitrogens is 1. The first-order chi connectivity index (χ1) is 8.93. The highest BCUT2D eigenvalue weighted by Crippen LogP contribution is 2.19. The number of halogens is 1. The maximum atomic E-state index is 12.3. The Kier molecular flexibility index (Phi) is 5.40. The summed E-state index contributed by atoms with van der Waals surface area (Å²) in [5.74, 6) is 0. The van der Waals surface area contributed by atoms with Gasteiger partial charge in [-0.2, -0.15) is 4.31 Å². The lowest BCUT2D eigenvalue weighted by atomic mass is 10.3. The summed E-state index contributed by atoms with van der Waals surface area (Å²) >= 11 is 0. The van der Waals surface area contributed by atoms with Gasteiger partial charge in [0.1, 0.15) is 6.20 Å². The molecule has 112 valence electrons.